The Bertz CT molecular complexity index is 608. The highest BCUT2D eigenvalue weighted by Gasteiger charge is 2.15. The van der Waals surface area contributed by atoms with Crippen molar-refractivity contribution in [2.75, 3.05) is 18.1 Å². The van der Waals surface area contributed by atoms with E-state index < -0.39 is 15.8 Å². The van der Waals surface area contributed by atoms with E-state index in [1.807, 2.05) is 0 Å². The highest BCUT2D eigenvalue weighted by Crippen LogP contribution is 2.14. The number of ether oxygens (including phenoxy) is 1. The molecule has 0 saturated heterocycles. The maximum atomic E-state index is 12.0. The van der Waals surface area contributed by atoms with Gasteiger partial charge in [0.1, 0.15) is 6.61 Å². The molecule has 2 N–H and O–H groups in total. The fourth-order valence-corrected chi connectivity index (χ4v) is 2.96. The van der Waals surface area contributed by atoms with Crippen molar-refractivity contribution in [2.24, 2.45) is 0 Å². The zero-order chi connectivity index (χ0) is 16.4. The molecule has 122 valence electrons. The van der Waals surface area contributed by atoms with Gasteiger partial charge in [-0.15, -0.1) is 0 Å². The molecule has 1 rings (SSSR count). The molecule has 0 unspecified atom stereocenters. The van der Waals surface area contributed by atoms with Crippen molar-refractivity contribution >= 4 is 21.5 Å². The number of hydrogen-bond acceptors (Lipinski definition) is 5. The average molecular weight is 325 g/mol. The lowest BCUT2D eigenvalue weighted by Gasteiger charge is -2.05. The second kappa shape index (κ2) is 9.25. The third-order valence-corrected chi connectivity index (χ3v) is 4.72. The van der Waals surface area contributed by atoms with Crippen LogP contribution in [-0.2, 0) is 19.4 Å². The molecular formula is C16H23NO4S. The van der Waals surface area contributed by atoms with E-state index in [2.05, 4.69) is 6.92 Å². The molecule has 5 nitrogen and oxygen atoms in total. The summed E-state index contributed by atoms with van der Waals surface area (Å²) in [6, 6.07) is 6.06. The van der Waals surface area contributed by atoms with Crippen LogP contribution in [0.3, 0.4) is 0 Å². The van der Waals surface area contributed by atoms with Gasteiger partial charge in [0.2, 0.25) is 0 Å². The van der Waals surface area contributed by atoms with E-state index in [4.69, 9.17) is 10.5 Å². The number of nitrogens with two attached hydrogens (primary N) is 1. The van der Waals surface area contributed by atoms with Crippen LogP contribution in [0.1, 0.15) is 32.6 Å². The summed E-state index contributed by atoms with van der Waals surface area (Å²) >= 11 is 0. The summed E-state index contributed by atoms with van der Waals surface area (Å²) in [4.78, 5) is 11.6. The molecule has 0 aromatic heterocycles. The minimum absolute atomic E-state index is 0.138. The Labute approximate surface area is 132 Å². The Kier molecular flexibility index (Phi) is 7.66. The number of sulfone groups is 1. The van der Waals surface area contributed by atoms with Gasteiger partial charge in [0, 0.05) is 11.8 Å². The maximum absolute atomic E-state index is 12.0. The molecule has 0 heterocycles. The molecule has 0 bridgehead atoms. The van der Waals surface area contributed by atoms with Gasteiger partial charge in [0.25, 0.3) is 0 Å². The van der Waals surface area contributed by atoms with E-state index in [0.29, 0.717) is 5.69 Å². The first-order valence-electron chi connectivity index (χ1n) is 7.37. The molecule has 0 atom stereocenters. The fraction of sp³-hybridized carbons (Fsp3) is 0.438. The van der Waals surface area contributed by atoms with Crippen molar-refractivity contribution in [3.8, 4) is 0 Å². The molecule has 0 saturated carbocycles. The van der Waals surface area contributed by atoms with Crippen molar-refractivity contribution in [2.45, 2.75) is 37.5 Å². The standard InChI is InChI=1S/C16H23NO4S/c1-2-3-4-5-6-10-16(18)21-11-12-22(19,20)15-9-7-8-14(17)13-15/h6-10,13H,2-5,11-12,17H2,1H3/b10-6+. The molecule has 22 heavy (non-hydrogen) atoms. The Morgan fingerprint density at radius 3 is 2.77 bits per heavy atom. The Morgan fingerprint density at radius 1 is 1.32 bits per heavy atom. The van der Waals surface area contributed by atoms with Crippen LogP contribution in [0.2, 0.25) is 0 Å². The molecule has 0 aliphatic carbocycles. The summed E-state index contributed by atoms with van der Waals surface area (Å²) in [5.41, 5.74) is 5.95. The minimum atomic E-state index is -3.49. The Hall–Kier alpha value is -1.82. The number of unbranched alkanes of at least 4 members (excludes halogenated alkanes) is 3. The normalized spacial score (nSPS) is 11.7. The van der Waals surface area contributed by atoms with Crippen LogP contribution in [-0.4, -0.2) is 26.7 Å². The molecule has 0 amide bonds. The van der Waals surface area contributed by atoms with Crippen LogP contribution >= 0.6 is 0 Å². The van der Waals surface area contributed by atoms with E-state index in [9.17, 15) is 13.2 Å². The van der Waals surface area contributed by atoms with Gasteiger partial charge in [0.15, 0.2) is 9.84 Å². The molecule has 6 heteroatoms. The molecule has 0 aliphatic heterocycles. The highest BCUT2D eigenvalue weighted by molar-refractivity contribution is 7.91. The smallest absolute Gasteiger partial charge is 0.330 e. The highest BCUT2D eigenvalue weighted by atomic mass is 32.2. The van der Waals surface area contributed by atoms with Crippen LogP contribution in [0.25, 0.3) is 0 Å². The lowest BCUT2D eigenvalue weighted by atomic mass is 10.2. The van der Waals surface area contributed by atoms with E-state index in [0.717, 1.165) is 25.7 Å². The number of carbonyl (C=O) groups excluding carboxylic acids is 1. The maximum Gasteiger partial charge on any atom is 0.330 e. The first-order chi connectivity index (χ1) is 10.5. The van der Waals surface area contributed by atoms with Crippen molar-refractivity contribution in [1.29, 1.82) is 0 Å². The molecule has 0 aliphatic rings. The number of benzene rings is 1. The number of rotatable bonds is 9. The van der Waals surface area contributed by atoms with Crippen LogP contribution in [0.15, 0.2) is 41.3 Å². The van der Waals surface area contributed by atoms with Crippen LogP contribution < -0.4 is 5.73 Å². The van der Waals surface area contributed by atoms with E-state index in [1.54, 1.807) is 18.2 Å². The van der Waals surface area contributed by atoms with Gasteiger partial charge in [-0.3, -0.25) is 0 Å². The Balaban J connectivity index is 2.38. The Morgan fingerprint density at radius 2 is 2.09 bits per heavy atom. The van der Waals surface area contributed by atoms with Crippen molar-refractivity contribution in [3.63, 3.8) is 0 Å². The fourth-order valence-electron chi connectivity index (χ4n) is 1.82. The first kappa shape index (κ1) is 18.2. The summed E-state index contributed by atoms with van der Waals surface area (Å²) in [6.45, 7) is 1.94. The summed E-state index contributed by atoms with van der Waals surface area (Å²) < 4.78 is 29.0. The summed E-state index contributed by atoms with van der Waals surface area (Å²) in [5.74, 6) is -0.773. The average Bonchev–Trinajstić information content (AvgIpc) is 2.47. The van der Waals surface area contributed by atoms with Crippen molar-refractivity contribution < 1.29 is 17.9 Å². The van der Waals surface area contributed by atoms with Gasteiger partial charge in [-0.1, -0.05) is 31.9 Å². The second-order valence-electron chi connectivity index (χ2n) is 4.96. The predicted molar refractivity (Wildman–Crippen MR) is 87.1 cm³/mol. The summed E-state index contributed by atoms with van der Waals surface area (Å²) in [6.07, 6.45) is 7.21. The summed E-state index contributed by atoms with van der Waals surface area (Å²) in [7, 11) is -3.49. The van der Waals surface area contributed by atoms with Gasteiger partial charge >= 0.3 is 5.97 Å². The quantitative estimate of drug-likeness (QED) is 0.326. The van der Waals surface area contributed by atoms with Crippen molar-refractivity contribution in [3.05, 3.63) is 36.4 Å². The van der Waals surface area contributed by atoms with Gasteiger partial charge in [-0.25, -0.2) is 13.2 Å². The molecule has 1 aromatic rings. The number of allylic oxidation sites excluding steroid dienone is 1. The minimum Gasteiger partial charge on any atom is -0.461 e. The number of hydrogen-bond donors (Lipinski definition) is 1. The van der Waals surface area contributed by atoms with Gasteiger partial charge in [-0.05, 0) is 31.0 Å². The van der Waals surface area contributed by atoms with Gasteiger partial charge in [0.05, 0.1) is 10.6 Å². The molecule has 0 radical (unpaired) electrons. The third-order valence-electron chi connectivity index (χ3n) is 3.04. The topological polar surface area (TPSA) is 86.5 Å². The van der Waals surface area contributed by atoms with E-state index in [1.165, 1.54) is 18.2 Å². The second-order valence-corrected chi connectivity index (χ2v) is 7.07. The first-order valence-corrected chi connectivity index (χ1v) is 9.02. The van der Waals surface area contributed by atoms with Crippen LogP contribution in [0, 0.1) is 0 Å². The molecule has 0 spiro atoms. The van der Waals surface area contributed by atoms with Crippen LogP contribution in [0.5, 0.6) is 0 Å². The monoisotopic (exact) mass is 325 g/mol. The molecule has 1 aromatic carbocycles. The zero-order valence-corrected chi connectivity index (χ0v) is 13.6. The van der Waals surface area contributed by atoms with Crippen LogP contribution in [0.4, 0.5) is 5.69 Å². The third kappa shape index (κ3) is 6.76. The largest absolute Gasteiger partial charge is 0.461 e. The number of esters is 1. The lowest BCUT2D eigenvalue weighted by molar-refractivity contribution is -0.137. The van der Waals surface area contributed by atoms with E-state index in [-0.39, 0.29) is 17.3 Å². The van der Waals surface area contributed by atoms with E-state index >= 15 is 0 Å². The lowest BCUT2D eigenvalue weighted by Crippen LogP contribution is -2.15. The summed E-state index contributed by atoms with van der Waals surface area (Å²) in [5, 5.41) is 0. The predicted octanol–water partition coefficient (Wildman–Crippen LogP) is 2.72. The SMILES string of the molecule is CCCCC/C=C/C(=O)OCCS(=O)(=O)c1cccc(N)c1. The van der Waals surface area contributed by atoms with Gasteiger partial charge in [-0.2, -0.15) is 0 Å². The van der Waals surface area contributed by atoms with Crippen molar-refractivity contribution in [1.82, 2.24) is 0 Å². The number of nitrogen functional groups attached to an aromatic ring is 1. The van der Waals surface area contributed by atoms with Gasteiger partial charge < -0.3 is 10.5 Å². The molecular weight excluding hydrogens is 302 g/mol. The number of anilines is 1. The number of carbonyl (C=O) groups is 1. The zero-order valence-electron chi connectivity index (χ0n) is 12.8. The molecule has 0 fully saturated rings.